The van der Waals surface area contributed by atoms with Crippen molar-refractivity contribution in [1.82, 2.24) is 9.13 Å². The van der Waals surface area contributed by atoms with Gasteiger partial charge in [-0.15, -0.1) is 0 Å². The van der Waals surface area contributed by atoms with Crippen molar-refractivity contribution in [3.8, 4) is 44.8 Å². The molecule has 3 aromatic heterocycles. The van der Waals surface area contributed by atoms with Gasteiger partial charge in [-0.05, 0) is 101 Å². The van der Waals surface area contributed by atoms with Crippen LogP contribution < -0.4 is 0 Å². The first-order valence-corrected chi connectivity index (χ1v) is 19.5. The van der Waals surface area contributed by atoms with Crippen LogP contribution in [0.3, 0.4) is 0 Å². The van der Waals surface area contributed by atoms with Gasteiger partial charge in [0.05, 0.1) is 27.8 Å². The molecule has 0 aliphatic carbocycles. The predicted octanol–water partition coefficient (Wildman–Crippen LogP) is 14.8. The van der Waals surface area contributed by atoms with Gasteiger partial charge in [-0.2, -0.15) is 0 Å². The Bertz CT molecular complexity index is 3510. The highest BCUT2D eigenvalue weighted by atomic mass is 16.3. The van der Waals surface area contributed by atoms with Crippen LogP contribution in [0.1, 0.15) is 0 Å². The molecule has 0 radical (unpaired) electrons. The molecule has 0 N–H and O–H groups in total. The van der Waals surface area contributed by atoms with Gasteiger partial charge in [0.25, 0.3) is 0 Å². The number of rotatable bonds is 5. The monoisotopic (exact) mass is 726 g/mol. The highest BCUT2D eigenvalue weighted by Crippen LogP contribution is 2.41. The Kier molecular flexibility index (Phi) is 6.93. The second-order valence-electron chi connectivity index (χ2n) is 14.9. The summed E-state index contributed by atoms with van der Waals surface area (Å²) in [5, 5.41) is 7.18. The minimum absolute atomic E-state index is 0.902. The molecule has 266 valence electrons. The van der Waals surface area contributed by atoms with E-state index in [1.54, 1.807) is 0 Å². The molecule has 12 rings (SSSR count). The van der Waals surface area contributed by atoms with Gasteiger partial charge >= 0.3 is 0 Å². The lowest BCUT2D eigenvalue weighted by Gasteiger charge is -2.14. The van der Waals surface area contributed by atoms with Gasteiger partial charge in [-0.3, -0.25) is 0 Å². The standard InChI is InChI=1S/C54H34N2O/c1-3-13-35(14-4-1)37-23-28-51-45(31-37)46-33-39(25-29-52(46)56(51)48-20-10-7-17-41(48)36-15-5-2-6-16-36)38-24-27-50-44(32-38)42-18-8-11-21-49(42)55(50)40-26-30-54-47(34-40)43-19-9-12-22-53(43)57-54/h1-34H. The van der Waals surface area contributed by atoms with E-state index in [1.807, 2.05) is 12.1 Å². The number of aromatic nitrogens is 2. The summed E-state index contributed by atoms with van der Waals surface area (Å²) in [7, 11) is 0. The Labute approximate surface area is 328 Å². The maximum absolute atomic E-state index is 6.19. The van der Waals surface area contributed by atoms with Crippen molar-refractivity contribution in [2.45, 2.75) is 0 Å². The number of nitrogens with zero attached hydrogens (tertiary/aromatic N) is 2. The van der Waals surface area contributed by atoms with Gasteiger partial charge in [0.1, 0.15) is 11.2 Å². The van der Waals surface area contributed by atoms with Crippen molar-refractivity contribution in [2.24, 2.45) is 0 Å². The van der Waals surface area contributed by atoms with Gasteiger partial charge in [0.2, 0.25) is 0 Å². The van der Waals surface area contributed by atoms with Crippen molar-refractivity contribution < 1.29 is 4.42 Å². The van der Waals surface area contributed by atoms with Gasteiger partial charge in [0, 0.05) is 43.6 Å². The third-order valence-corrected chi connectivity index (χ3v) is 11.7. The molecule has 0 fully saturated rings. The molecule has 0 spiro atoms. The Hall–Kier alpha value is -7.62. The minimum Gasteiger partial charge on any atom is -0.456 e. The largest absolute Gasteiger partial charge is 0.456 e. The van der Waals surface area contributed by atoms with Crippen LogP contribution in [0.4, 0.5) is 0 Å². The average Bonchev–Trinajstić information content (AvgIpc) is 3.93. The molecule has 12 aromatic rings. The molecule has 57 heavy (non-hydrogen) atoms. The van der Waals surface area contributed by atoms with E-state index in [4.69, 9.17) is 4.42 Å². The third kappa shape index (κ3) is 4.92. The summed E-state index contributed by atoms with van der Waals surface area (Å²) in [6.07, 6.45) is 0. The Morgan fingerprint density at radius 2 is 0.789 bits per heavy atom. The molecule has 0 bridgehead atoms. The number of hydrogen-bond donors (Lipinski definition) is 0. The first-order chi connectivity index (χ1) is 28.3. The first kappa shape index (κ1) is 31.7. The summed E-state index contributed by atoms with van der Waals surface area (Å²) in [5.74, 6) is 0. The minimum atomic E-state index is 0.902. The van der Waals surface area contributed by atoms with Crippen molar-refractivity contribution >= 4 is 65.6 Å². The van der Waals surface area contributed by atoms with Crippen molar-refractivity contribution in [3.05, 3.63) is 206 Å². The van der Waals surface area contributed by atoms with E-state index in [0.29, 0.717) is 0 Å². The molecule has 3 heterocycles. The fraction of sp³-hybridized carbons (Fsp3) is 0. The topological polar surface area (TPSA) is 23.0 Å². The van der Waals surface area contributed by atoms with E-state index < -0.39 is 0 Å². The lowest BCUT2D eigenvalue weighted by atomic mass is 9.99. The van der Waals surface area contributed by atoms with E-state index in [0.717, 1.165) is 27.6 Å². The van der Waals surface area contributed by atoms with Crippen LogP contribution in [-0.2, 0) is 0 Å². The molecule has 0 saturated heterocycles. The van der Waals surface area contributed by atoms with Crippen LogP contribution in [0, 0.1) is 0 Å². The summed E-state index contributed by atoms with van der Waals surface area (Å²) >= 11 is 0. The smallest absolute Gasteiger partial charge is 0.135 e. The average molecular weight is 727 g/mol. The Balaban J connectivity index is 1.06. The van der Waals surface area contributed by atoms with E-state index in [1.165, 1.54) is 82.7 Å². The Morgan fingerprint density at radius 1 is 0.281 bits per heavy atom. The van der Waals surface area contributed by atoms with Gasteiger partial charge < -0.3 is 13.6 Å². The molecule has 0 unspecified atom stereocenters. The molecule has 0 saturated carbocycles. The van der Waals surface area contributed by atoms with Crippen LogP contribution in [0.15, 0.2) is 211 Å². The molecular weight excluding hydrogens is 693 g/mol. The van der Waals surface area contributed by atoms with Crippen LogP contribution in [-0.4, -0.2) is 9.13 Å². The van der Waals surface area contributed by atoms with Crippen LogP contribution in [0.25, 0.3) is 110 Å². The molecule has 3 heteroatoms. The molecular formula is C54H34N2O. The molecule has 9 aromatic carbocycles. The summed E-state index contributed by atoms with van der Waals surface area (Å²) < 4.78 is 11.0. The summed E-state index contributed by atoms with van der Waals surface area (Å²) in [6.45, 7) is 0. The zero-order chi connectivity index (χ0) is 37.5. The zero-order valence-electron chi connectivity index (χ0n) is 30.9. The lowest BCUT2D eigenvalue weighted by molar-refractivity contribution is 0.669. The van der Waals surface area contributed by atoms with E-state index in [-0.39, 0.29) is 0 Å². The van der Waals surface area contributed by atoms with E-state index in [2.05, 4.69) is 203 Å². The highest BCUT2D eigenvalue weighted by Gasteiger charge is 2.19. The summed E-state index contributed by atoms with van der Waals surface area (Å²) in [5.41, 5.74) is 16.0. The summed E-state index contributed by atoms with van der Waals surface area (Å²) in [4.78, 5) is 0. The SMILES string of the molecule is c1ccc(-c2ccc3c(c2)c2cc(-c4ccc5c(c4)c4ccccc4n5-c4ccc5oc6ccccc6c5c4)ccc2n3-c2ccccc2-c2ccccc2)cc1. The third-order valence-electron chi connectivity index (χ3n) is 11.7. The van der Waals surface area contributed by atoms with Crippen molar-refractivity contribution in [1.29, 1.82) is 0 Å². The number of para-hydroxylation sites is 3. The number of hydrogen-bond acceptors (Lipinski definition) is 1. The van der Waals surface area contributed by atoms with E-state index in [9.17, 15) is 0 Å². The molecule has 3 nitrogen and oxygen atoms in total. The van der Waals surface area contributed by atoms with Crippen LogP contribution >= 0.6 is 0 Å². The van der Waals surface area contributed by atoms with E-state index >= 15 is 0 Å². The zero-order valence-corrected chi connectivity index (χ0v) is 30.9. The second kappa shape index (κ2) is 12.5. The predicted molar refractivity (Wildman–Crippen MR) is 239 cm³/mol. The molecule has 0 atom stereocenters. The molecule has 0 aliphatic rings. The van der Waals surface area contributed by atoms with Crippen molar-refractivity contribution in [2.75, 3.05) is 0 Å². The van der Waals surface area contributed by atoms with Gasteiger partial charge in [0.15, 0.2) is 0 Å². The quantitative estimate of drug-likeness (QED) is 0.173. The van der Waals surface area contributed by atoms with Crippen molar-refractivity contribution in [3.63, 3.8) is 0 Å². The van der Waals surface area contributed by atoms with Crippen LogP contribution in [0.2, 0.25) is 0 Å². The molecule has 0 aliphatic heterocycles. The Morgan fingerprint density at radius 3 is 1.51 bits per heavy atom. The second-order valence-corrected chi connectivity index (χ2v) is 14.9. The fourth-order valence-corrected chi connectivity index (χ4v) is 9.09. The number of benzene rings is 9. The van der Waals surface area contributed by atoms with Gasteiger partial charge in [-0.1, -0.05) is 133 Å². The fourth-order valence-electron chi connectivity index (χ4n) is 9.09. The maximum Gasteiger partial charge on any atom is 0.135 e. The number of furan rings is 1. The van der Waals surface area contributed by atoms with Gasteiger partial charge in [-0.25, -0.2) is 0 Å². The normalized spacial score (nSPS) is 11.9. The maximum atomic E-state index is 6.19. The summed E-state index contributed by atoms with van der Waals surface area (Å²) in [6, 6.07) is 74.6. The first-order valence-electron chi connectivity index (χ1n) is 19.5. The lowest BCUT2D eigenvalue weighted by Crippen LogP contribution is -1.97. The molecule has 0 amide bonds. The highest BCUT2D eigenvalue weighted by molar-refractivity contribution is 6.14. The number of fused-ring (bicyclic) bond motifs is 9. The van der Waals surface area contributed by atoms with Crippen LogP contribution in [0.5, 0.6) is 0 Å².